The first kappa shape index (κ1) is 19.1. The molecular weight excluding hydrogens is 392 g/mol. The van der Waals surface area contributed by atoms with Crippen LogP contribution in [0.25, 0.3) is 5.69 Å². The van der Waals surface area contributed by atoms with Crippen molar-refractivity contribution in [2.75, 3.05) is 13.1 Å². The number of halogens is 4. The molecule has 1 aliphatic heterocycles. The topological polar surface area (TPSA) is 68.8 Å². The van der Waals surface area contributed by atoms with E-state index in [0.29, 0.717) is 25.1 Å². The number of hydrogen-bond acceptors (Lipinski definition) is 4. The number of carbonyl (C=O) groups is 1. The summed E-state index contributed by atoms with van der Waals surface area (Å²) in [6.07, 6.45) is -0.538. The highest BCUT2D eigenvalue weighted by atomic mass is 19.4. The molecule has 0 bridgehead atoms. The minimum atomic E-state index is -4.51. The molecule has 1 fully saturated rings. The van der Waals surface area contributed by atoms with E-state index >= 15 is 0 Å². The summed E-state index contributed by atoms with van der Waals surface area (Å²) < 4.78 is 54.0. The predicted molar refractivity (Wildman–Crippen MR) is 92.7 cm³/mol. The van der Waals surface area contributed by atoms with Crippen LogP contribution in [0.5, 0.6) is 0 Å². The molecule has 3 heterocycles. The third-order valence-corrected chi connectivity index (χ3v) is 4.76. The Bertz CT molecular complexity index is 1010. The number of hydrogen-bond donors (Lipinski definition) is 0. The quantitative estimate of drug-likeness (QED) is 0.625. The van der Waals surface area contributed by atoms with Crippen molar-refractivity contribution in [3.05, 3.63) is 59.9 Å². The van der Waals surface area contributed by atoms with Crippen molar-refractivity contribution < 1.29 is 22.4 Å². The molecule has 152 valence electrons. The molecule has 1 atom stereocenters. The lowest BCUT2D eigenvalue weighted by atomic mass is 10.1. The molecule has 0 radical (unpaired) electrons. The van der Waals surface area contributed by atoms with E-state index in [0.717, 1.165) is 6.07 Å². The number of benzene rings is 1. The third-order valence-electron chi connectivity index (χ3n) is 4.76. The lowest BCUT2D eigenvalue weighted by Crippen LogP contribution is -2.41. The Balaban J connectivity index is 1.48. The summed E-state index contributed by atoms with van der Waals surface area (Å²) in [7, 11) is 0. The van der Waals surface area contributed by atoms with Gasteiger partial charge in [0.05, 0.1) is 17.9 Å². The molecule has 1 aromatic carbocycles. The van der Waals surface area contributed by atoms with E-state index in [2.05, 4.69) is 15.4 Å². The number of alkyl halides is 3. The summed E-state index contributed by atoms with van der Waals surface area (Å²) in [5.41, 5.74) is -0.305. The fourth-order valence-electron chi connectivity index (χ4n) is 3.29. The number of carbonyl (C=O) groups excluding carboxylic acids is 1. The summed E-state index contributed by atoms with van der Waals surface area (Å²) in [6.45, 7) is 0.688. The minimum absolute atomic E-state index is 0.103. The first-order chi connectivity index (χ1) is 13.8. The van der Waals surface area contributed by atoms with Crippen LogP contribution in [0.2, 0.25) is 0 Å². The molecule has 1 unspecified atom stereocenters. The molecule has 29 heavy (non-hydrogen) atoms. The molecule has 1 amide bonds. The van der Waals surface area contributed by atoms with Crippen LogP contribution in [0.4, 0.5) is 17.6 Å². The Morgan fingerprint density at radius 1 is 1.14 bits per heavy atom. The normalized spacial score (nSPS) is 17.5. The molecule has 3 aromatic rings. The molecule has 0 spiro atoms. The molecule has 0 N–H and O–H groups in total. The lowest BCUT2D eigenvalue weighted by Gasteiger charge is -2.32. The molecular formula is C18H16F4N6O. The fourth-order valence-corrected chi connectivity index (χ4v) is 3.29. The number of nitrogens with zero attached hydrogens (tertiary/aromatic N) is 6. The molecule has 1 aliphatic rings. The maximum Gasteiger partial charge on any atom is 0.435 e. The lowest BCUT2D eigenvalue weighted by molar-refractivity contribution is -0.141. The van der Waals surface area contributed by atoms with Crippen molar-refractivity contribution in [2.24, 2.45) is 0 Å². The van der Waals surface area contributed by atoms with Gasteiger partial charge in [0.1, 0.15) is 5.82 Å². The minimum Gasteiger partial charge on any atom is -0.335 e. The Kier molecular flexibility index (Phi) is 4.81. The number of piperidine rings is 1. The first-order valence-electron chi connectivity index (χ1n) is 8.91. The van der Waals surface area contributed by atoms with Crippen molar-refractivity contribution in [1.82, 2.24) is 29.7 Å². The monoisotopic (exact) mass is 408 g/mol. The second kappa shape index (κ2) is 7.30. The van der Waals surface area contributed by atoms with Gasteiger partial charge in [0.25, 0.3) is 5.91 Å². The highest BCUT2D eigenvalue weighted by Gasteiger charge is 2.35. The summed E-state index contributed by atoms with van der Waals surface area (Å²) in [6, 6.07) is 6.13. The average Bonchev–Trinajstić information content (AvgIpc) is 3.38. The second-order valence-electron chi connectivity index (χ2n) is 6.75. The van der Waals surface area contributed by atoms with Gasteiger partial charge >= 0.3 is 6.18 Å². The molecule has 0 saturated carbocycles. The highest BCUT2D eigenvalue weighted by molar-refractivity contribution is 5.92. The maximum absolute atomic E-state index is 13.0. The average molecular weight is 408 g/mol. The first-order valence-corrected chi connectivity index (χ1v) is 8.91. The van der Waals surface area contributed by atoms with Gasteiger partial charge in [-0.2, -0.15) is 18.3 Å². The summed E-state index contributed by atoms with van der Waals surface area (Å²) in [5.74, 6) is -0.761. The summed E-state index contributed by atoms with van der Waals surface area (Å²) in [5, 5.41) is 11.4. The molecule has 1 saturated heterocycles. The molecule has 4 rings (SSSR count). The van der Waals surface area contributed by atoms with Crippen LogP contribution in [0.1, 0.15) is 35.1 Å². The van der Waals surface area contributed by atoms with E-state index < -0.39 is 17.7 Å². The summed E-state index contributed by atoms with van der Waals surface area (Å²) >= 11 is 0. The van der Waals surface area contributed by atoms with Gasteiger partial charge in [-0.3, -0.25) is 9.48 Å². The Morgan fingerprint density at radius 3 is 2.59 bits per heavy atom. The van der Waals surface area contributed by atoms with Gasteiger partial charge in [-0.15, -0.1) is 5.10 Å². The van der Waals surface area contributed by atoms with Crippen molar-refractivity contribution in [3.63, 3.8) is 0 Å². The van der Waals surface area contributed by atoms with Crippen LogP contribution >= 0.6 is 0 Å². The van der Waals surface area contributed by atoms with Gasteiger partial charge in [0.15, 0.2) is 11.4 Å². The van der Waals surface area contributed by atoms with E-state index in [4.69, 9.17) is 0 Å². The SMILES string of the molecule is O=C(c1cn(-c2ccc(F)cc2)nn1)N1CCCC(n2ccc(C(F)(F)F)n2)C1. The van der Waals surface area contributed by atoms with E-state index in [1.807, 2.05) is 0 Å². The van der Waals surface area contributed by atoms with Gasteiger partial charge < -0.3 is 4.90 Å². The van der Waals surface area contributed by atoms with Crippen LogP contribution in [0.3, 0.4) is 0 Å². The highest BCUT2D eigenvalue weighted by Crippen LogP contribution is 2.29. The Hall–Kier alpha value is -3.24. The van der Waals surface area contributed by atoms with E-state index in [1.54, 1.807) is 0 Å². The molecule has 7 nitrogen and oxygen atoms in total. The number of rotatable bonds is 3. The van der Waals surface area contributed by atoms with Crippen LogP contribution < -0.4 is 0 Å². The van der Waals surface area contributed by atoms with Gasteiger partial charge in [0, 0.05) is 19.3 Å². The predicted octanol–water partition coefficient (Wildman–Crippen LogP) is 3.10. The van der Waals surface area contributed by atoms with Gasteiger partial charge in [0.2, 0.25) is 0 Å². The molecule has 11 heteroatoms. The van der Waals surface area contributed by atoms with E-state index in [1.165, 1.54) is 50.9 Å². The molecule has 2 aromatic heterocycles. The van der Waals surface area contributed by atoms with Crippen LogP contribution in [0, 0.1) is 5.82 Å². The number of aromatic nitrogens is 5. The van der Waals surface area contributed by atoms with E-state index in [9.17, 15) is 22.4 Å². The van der Waals surface area contributed by atoms with Gasteiger partial charge in [-0.1, -0.05) is 5.21 Å². The number of amides is 1. The van der Waals surface area contributed by atoms with Crippen molar-refractivity contribution >= 4 is 5.91 Å². The van der Waals surface area contributed by atoms with Gasteiger partial charge in [-0.25, -0.2) is 9.07 Å². The van der Waals surface area contributed by atoms with Crippen LogP contribution in [-0.2, 0) is 6.18 Å². The van der Waals surface area contributed by atoms with Crippen LogP contribution in [0.15, 0.2) is 42.7 Å². The number of likely N-dealkylation sites (tertiary alicyclic amines) is 1. The smallest absolute Gasteiger partial charge is 0.335 e. The van der Waals surface area contributed by atoms with Crippen LogP contribution in [-0.4, -0.2) is 48.7 Å². The zero-order chi connectivity index (χ0) is 20.6. The third kappa shape index (κ3) is 3.98. The second-order valence-corrected chi connectivity index (χ2v) is 6.75. The van der Waals surface area contributed by atoms with Crippen molar-refractivity contribution in [1.29, 1.82) is 0 Å². The summed E-state index contributed by atoms with van der Waals surface area (Å²) in [4.78, 5) is 14.3. The van der Waals surface area contributed by atoms with Crippen molar-refractivity contribution in [2.45, 2.75) is 25.1 Å². The Labute approximate surface area is 162 Å². The van der Waals surface area contributed by atoms with Crippen molar-refractivity contribution in [3.8, 4) is 5.69 Å². The standard InChI is InChI=1S/C18H16F4N6O/c19-12-3-5-13(6-4-12)28-11-15(23-25-28)17(29)26-8-1-2-14(10-26)27-9-7-16(24-27)18(20,21)22/h3-7,9,11,14H,1-2,8,10H2. The zero-order valence-electron chi connectivity index (χ0n) is 15.1. The van der Waals surface area contributed by atoms with E-state index in [-0.39, 0.29) is 24.2 Å². The fraction of sp³-hybridized carbons (Fsp3) is 0.333. The zero-order valence-corrected chi connectivity index (χ0v) is 15.1. The molecule has 0 aliphatic carbocycles. The Morgan fingerprint density at radius 2 is 1.90 bits per heavy atom. The van der Waals surface area contributed by atoms with Gasteiger partial charge in [-0.05, 0) is 43.2 Å². The largest absolute Gasteiger partial charge is 0.435 e. The maximum atomic E-state index is 13.0.